The van der Waals surface area contributed by atoms with Gasteiger partial charge in [0.2, 0.25) is 5.88 Å². The van der Waals surface area contributed by atoms with Crippen molar-refractivity contribution in [1.82, 2.24) is 25.2 Å². The lowest BCUT2D eigenvalue weighted by molar-refractivity contribution is 0.0280. The molecule has 0 unspecified atom stereocenters. The Morgan fingerprint density at radius 3 is 2.43 bits per heavy atom. The van der Waals surface area contributed by atoms with Crippen LogP contribution in [-0.2, 0) is 4.74 Å². The van der Waals surface area contributed by atoms with Crippen LogP contribution in [0.15, 0.2) is 30.3 Å². The van der Waals surface area contributed by atoms with Gasteiger partial charge in [-0.25, -0.2) is 13.8 Å². The van der Waals surface area contributed by atoms with Crippen molar-refractivity contribution in [1.29, 1.82) is 0 Å². The first-order chi connectivity index (χ1) is 26.9. The highest BCUT2D eigenvalue weighted by molar-refractivity contribution is 6.90. The number of pyridine rings is 1. The van der Waals surface area contributed by atoms with Gasteiger partial charge in [-0.3, -0.25) is 4.90 Å². The van der Waals surface area contributed by atoms with Gasteiger partial charge in [-0.1, -0.05) is 78.7 Å². The zero-order valence-electron chi connectivity index (χ0n) is 34.1. The Kier molecular flexibility index (Phi) is 10.8. The summed E-state index contributed by atoms with van der Waals surface area (Å²) >= 11 is 0. The van der Waals surface area contributed by atoms with Gasteiger partial charge in [0.1, 0.15) is 42.4 Å². The number of anilines is 1. The summed E-state index contributed by atoms with van der Waals surface area (Å²) in [5.74, 6) is 3.34. The van der Waals surface area contributed by atoms with E-state index in [1.54, 1.807) is 12.1 Å². The summed E-state index contributed by atoms with van der Waals surface area (Å²) in [6, 6.07) is 9.30. The van der Waals surface area contributed by atoms with Crippen LogP contribution >= 0.6 is 0 Å². The number of nitrogens with one attached hydrogen (secondary N) is 1. The van der Waals surface area contributed by atoms with Crippen LogP contribution in [0.1, 0.15) is 73.8 Å². The van der Waals surface area contributed by atoms with Crippen molar-refractivity contribution < 1.29 is 23.0 Å². The largest absolute Gasteiger partial charge is 0.472 e. The Bertz CT molecular complexity index is 2160. The van der Waals surface area contributed by atoms with Gasteiger partial charge >= 0.3 is 6.01 Å². The minimum Gasteiger partial charge on any atom is -0.472 e. The second-order valence-electron chi connectivity index (χ2n) is 17.4. The summed E-state index contributed by atoms with van der Waals surface area (Å²) in [5, 5.41) is 5.49. The fourth-order valence-corrected chi connectivity index (χ4v) is 15.5. The number of hydrogen-bond donors (Lipinski definition) is 1. The van der Waals surface area contributed by atoms with E-state index in [0.29, 0.717) is 58.0 Å². The van der Waals surface area contributed by atoms with E-state index >= 15 is 8.78 Å². The number of piperazine rings is 1. The SMILES string of the molecule is CC(C)[Si](C#Cc1c(F)ccc2cccc(-c3nc4c5c(nc(OC[C@@H](C)CN6CCOCC6)nc5c3F)N3C[C@H]5CC[C@H](N5)[C@H]3[C@H](C)O4)c12)(C(C)C)C(C)C. The third kappa shape index (κ3) is 6.82. The third-order valence-electron chi connectivity index (χ3n) is 12.9. The van der Waals surface area contributed by atoms with Crippen LogP contribution in [0.4, 0.5) is 14.6 Å². The van der Waals surface area contributed by atoms with Crippen molar-refractivity contribution in [3.63, 3.8) is 0 Å². The molecular weight excluding hydrogens is 727 g/mol. The summed E-state index contributed by atoms with van der Waals surface area (Å²) in [6.45, 7) is 22.8. The smallest absolute Gasteiger partial charge is 0.319 e. The molecule has 0 spiro atoms. The van der Waals surface area contributed by atoms with Crippen LogP contribution in [0.25, 0.3) is 32.9 Å². The highest BCUT2D eigenvalue weighted by atomic mass is 28.3. The zero-order valence-corrected chi connectivity index (χ0v) is 35.1. The number of aromatic nitrogens is 3. The van der Waals surface area contributed by atoms with Gasteiger partial charge in [0, 0.05) is 55.1 Å². The minimum absolute atomic E-state index is 0.0369. The maximum Gasteiger partial charge on any atom is 0.319 e. The van der Waals surface area contributed by atoms with E-state index in [-0.39, 0.29) is 52.8 Å². The highest BCUT2D eigenvalue weighted by Crippen LogP contribution is 2.46. The molecule has 0 saturated carbocycles. The molecule has 0 radical (unpaired) electrons. The van der Waals surface area contributed by atoms with Crippen molar-refractivity contribution in [2.24, 2.45) is 5.92 Å². The van der Waals surface area contributed by atoms with E-state index in [0.717, 1.165) is 51.1 Å². The van der Waals surface area contributed by atoms with Crippen LogP contribution in [-0.4, -0.2) is 98.2 Å². The molecule has 8 rings (SSSR count). The minimum atomic E-state index is -2.23. The molecular formula is C44H56F2N6O3Si. The molecule has 1 N–H and O–H groups in total. The second-order valence-corrected chi connectivity index (χ2v) is 23.0. The predicted molar refractivity (Wildman–Crippen MR) is 221 cm³/mol. The van der Waals surface area contributed by atoms with Gasteiger partial charge < -0.3 is 24.4 Å². The molecule has 2 aromatic heterocycles. The summed E-state index contributed by atoms with van der Waals surface area (Å²) in [7, 11) is -2.23. The Morgan fingerprint density at radius 2 is 1.70 bits per heavy atom. The van der Waals surface area contributed by atoms with Crippen molar-refractivity contribution >= 4 is 35.6 Å². The van der Waals surface area contributed by atoms with Crippen LogP contribution in [0.2, 0.25) is 16.6 Å². The quantitative estimate of drug-likeness (QED) is 0.134. The van der Waals surface area contributed by atoms with Crippen molar-refractivity contribution in [2.75, 3.05) is 50.9 Å². The molecule has 12 heteroatoms. The number of benzene rings is 2. The van der Waals surface area contributed by atoms with Crippen LogP contribution < -0.4 is 19.7 Å². The van der Waals surface area contributed by atoms with Crippen molar-refractivity contribution in [3.8, 4) is 34.6 Å². The highest BCUT2D eigenvalue weighted by Gasteiger charge is 2.47. The summed E-state index contributed by atoms with van der Waals surface area (Å²) in [6.07, 6.45) is 1.77. The number of hydrogen-bond acceptors (Lipinski definition) is 9. The van der Waals surface area contributed by atoms with Crippen molar-refractivity contribution in [3.05, 3.63) is 47.5 Å². The molecule has 3 saturated heterocycles. The lowest BCUT2D eigenvalue weighted by Crippen LogP contribution is -2.62. The van der Waals surface area contributed by atoms with E-state index in [1.807, 2.05) is 19.1 Å². The van der Waals surface area contributed by atoms with E-state index in [9.17, 15) is 0 Å². The number of halogens is 2. The second kappa shape index (κ2) is 15.5. The first-order valence-corrected chi connectivity index (χ1v) is 22.9. The van der Waals surface area contributed by atoms with E-state index in [4.69, 9.17) is 29.2 Å². The molecule has 4 aliphatic rings. The average molecular weight is 783 g/mol. The first kappa shape index (κ1) is 39.0. The van der Waals surface area contributed by atoms with Crippen LogP contribution in [0.3, 0.4) is 0 Å². The van der Waals surface area contributed by atoms with E-state index in [2.05, 4.69) is 75.0 Å². The monoisotopic (exact) mass is 782 g/mol. The topological polar surface area (TPSA) is 84.9 Å². The van der Waals surface area contributed by atoms with Gasteiger partial charge in [0.15, 0.2) is 5.82 Å². The zero-order chi connectivity index (χ0) is 39.5. The molecule has 0 amide bonds. The fourth-order valence-electron chi connectivity index (χ4n) is 10.3. The molecule has 5 atom stereocenters. The Labute approximate surface area is 330 Å². The summed E-state index contributed by atoms with van der Waals surface area (Å²) in [4.78, 5) is 19.4. The Hall–Kier alpha value is -3.89. The number of nitrogens with zero attached hydrogens (tertiary/aromatic N) is 5. The number of ether oxygens (including phenoxy) is 3. The maximum atomic E-state index is 17.6. The summed E-state index contributed by atoms with van der Waals surface area (Å²) < 4.78 is 52.4. The maximum absolute atomic E-state index is 17.6. The molecule has 6 heterocycles. The number of morpholine rings is 1. The van der Waals surface area contributed by atoms with E-state index < -0.39 is 19.7 Å². The van der Waals surface area contributed by atoms with Gasteiger partial charge in [-0.2, -0.15) is 9.97 Å². The first-order valence-electron chi connectivity index (χ1n) is 20.7. The van der Waals surface area contributed by atoms with Gasteiger partial charge in [0.25, 0.3) is 0 Å². The van der Waals surface area contributed by atoms with Crippen LogP contribution in [0, 0.1) is 29.0 Å². The predicted octanol–water partition coefficient (Wildman–Crippen LogP) is 8.13. The number of rotatable bonds is 9. The fraction of sp³-hybridized carbons (Fsp3) is 0.568. The molecule has 3 fully saturated rings. The summed E-state index contributed by atoms with van der Waals surface area (Å²) in [5.41, 5.74) is 5.61. The standard InChI is InChI=1S/C44H56F2N6O3Si/c1-25(2)56(26(3)4,27(5)6)21-16-32-34(45)14-12-30-10-9-11-33(36(30)32)39-38(46)40-37-42(50-44(49-40)54-24-28(7)22-51-17-19-53-20-18-51)52-23-31-13-15-35(47-31)41(52)29(8)55-43(37)48-39/h9-12,14,25-29,31,35,41,47H,13,15,17-20,22-24H2,1-8H3/t28-,29-,31+,35-,41+/m0/s1. The van der Waals surface area contributed by atoms with Gasteiger partial charge in [0.05, 0.1) is 31.4 Å². The molecule has 4 aliphatic heterocycles. The Balaban J connectivity index is 1.29. The molecule has 9 nitrogen and oxygen atoms in total. The lowest BCUT2D eigenvalue weighted by atomic mass is 9.96. The molecule has 0 aliphatic carbocycles. The molecule has 2 bridgehead atoms. The molecule has 298 valence electrons. The molecule has 4 aromatic rings. The van der Waals surface area contributed by atoms with Crippen LogP contribution in [0.5, 0.6) is 11.9 Å². The normalized spacial score (nSPS) is 23.0. The molecule has 2 aromatic carbocycles. The number of fused-ring (bicyclic) bond motifs is 6. The molecule has 56 heavy (non-hydrogen) atoms. The van der Waals surface area contributed by atoms with Gasteiger partial charge in [-0.15, -0.1) is 5.54 Å². The Morgan fingerprint density at radius 1 is 0.946 bits per heavy atom. The third-order valence-corrected chi connectivity index (χ3v) is 19.2. The van der Waals surface area contributed by atoms with Crippen molar-refractivity contribution in [2.45, 2.75) is 109 Å². The van der Waals surface area contributed by atoms with Gasteiger partial charge in [-0.05, 0) is 47.8 Å². The van der Waals surface area contributed by atoms with E-state index in [1.165, 1.54) is 6.07 Å². The lowest BCUT2D eigenvalue weighted by Gasteiger charge is -2.42. The average Bonchev–Trinajstić information content (AvgIpc) is 3.49.